The van der Waals surface area contributed by atoms with Crippen LogP contribution in [0, 0.1) is 11.3 Å². The molecular weight excluding hydrogens is 244 g/mol. The van der Waals surface area contributed by atoms with Gasteiger partial charge in [0.15, 0.2) is 0 Å². The molecule has 0 aromatic heterocycles. The quantitative estimate of drug-likeness (QED) is 0.894. The van der Waals surface area contributed by atoms with Crippen molar-refractivity contribution in [2.24, 2.45) is 11.3 Å². The Balaban J connectivity index is 2.19. The molecule has 20 heavy (non-hydrogen) atoms. The standard InChI is InChI=1S/C18H30N2/c1-14(2)16-13-20(11-10-18(3,4)5)17-9-7-6-8-15(17)12-19-16/h6-9,14,16,19H,10-13H2,1-5H3. The molecule has 1 aliphatic rings. The molecule has 0 saturated heterocycles. The first-order valence-electron chi connectivity index (χ1n) is 7.93. The summed E-state index contributed by atoms with van der Waals surface area (Å²) in [6.07, 6.45) is 1.23. The second-order valence-corrected chi connectivity index (χ2v) is 7.62. The van der Waals surface area contributed by atoms with Crippen LogP contribution in [-0.4, -0.2) is 19.1 Å². The zero-order chi connectivity index (χ0) is 14.8. The van der Waals surface area contributed by atoms with Gasteiger partial charge >= 0.3 is 0 Å². The fraction of sp³-hybridized carbons (Fsp3) is 0.667. The van der Waals surface area contributed by atoms with Gasteiger partial charge in [0.1, 0.15) is 0 Å². The van der Waals surface area contributed by atoms with Crippen LogP contribution in [0.15, 0.2) is 24.3 Å². The van der Waals surface area contributed by atoms with Gasteiger partial charge in [0.2, 0.25) is 0 Å². The number of benzene rings is 1. The first-order chi connectivity index (χ1) is 9.37. The van der Waals surface area contributed by atoms with Crippen LogP contribution in [0.1, 0.15) is 46.6 Å². The zero-order valence-electron chi connectivity index (χ0n) is 13.7. The Labute approximate surface area is 124 Å². The number of anilines is 1. The summed E-state index contributed by atoms with van der Waals surface area (Å²) in [6.45, 7) is 14.9. The maximum Gasteiger partial charge on any atom is 0.0412 e. The molecule has 0 aliphatic carbocycles. The molecule has 1 N–H and O–H groups in total. The van der Waals surface area contributed by atoms with Crippen molar-refractivity contribution in [3.05, 3.63) is 29.8 Å². The maximum absolute atomic E-state index is 3.72. The fourth-order valence-corrected chi connectivity index (χ4v) is 2.74. The van der Waals surface area contributed by atoms with Crippen molar-refractivity contribution >= 4 is 5.69 Å². The molecule has 2 heteroatoms. The molecule has 0 amide bonds. The third-order valence-corrected chi connectivity index (χ3v) is 4.24. The van der Waals surface area contributed by atoms with E-state index in [-0.39, 0.29) is 0 Å². The lowest BCUT2D eigenvalue weighted by atomic mass is 9.92. The van der Waals surface area contributed by atoms with Crippen LogP contribution in [0.4, 0.5) is 5.69 Å². The van der Waals surface area contributed by atoms with E-state index in [0.717, 1.165) is 19.6 Å². The van der Waals surface area contributed by atoms with Crippen molar-refractivity contribution in [3.63, 3.8) is 0 Å². The molecule has 0 spiro atoms. The Morgan fingerprint density at radius 1 is 1.25 bits per heavy atom. The first kappa shape index (κ1) is 15.4. The molecule has 112 valence electrons. The smallest absolute Gasteiger partial charge is 0.0412 e. The summed E-state index contributed by atoms with van der Waals surface area (Å²) < 4.78 is 0. The van der Waals surface area contributed by atoms with Gasteiger partial charge in [0.05, 0.1) is 0 Å². The van der Waals surface area contributed by atoms with E-state index >= 15 is 0 Å². The molecule has 1 aliphatic heterocycles. The number of nitrogens with zero attached hydrogens (tertiary/aromatic N) is 1. The van der Waals surface area contributed by atoms with Crippen LogP contribution < -0.4 is 10.2 Å². The topological polar surface area (TPSA) is 15.3 Å². The molecule has 0 fully saturated rings. The molecular formula is C18H30N2. The molecule has 0 bridgehead atoms. The average molecular weight is 274 g/mol. The van der Waals surface area contributed by atoms with E-state index in [1.165, 1.54) is 17.7 Å². The third-order valence-electron chi connectivity index (χ3n) is 4.24. The summed E-state index contributed by atoms with van der Waals surface area (Å²) in [6, 6.07) is 9.43. The van der Waals surface area contributed by atoms with Crippen LogP contribution in [0.25, 0.3) is 0 Å². The van der Waals surface area contributed by atoms with Crippen LogP contribution in [0.2, 0.25) is 0 Å². The number of para-hydroxylation sites is 1. The highest BCUT2D eigenvalue weighted by Gasteiger charge is 2.24. The molecule has 1 unspecified atom stereocenters. The second-order valence-electron chi connectivity index (χ2n) is 7.62. The van der Waals surface area contributed by atoms with E-state index < -0.39 is 0 Å². The van der Waals surface area contributed by atoms with E-state index in [9.17, 15) is 0 Å². The van der Waals surface area contributed by atoms with Crippen molar-refractivity contribution in [2.75, 3.05) is 18.0 Å². The Hall–Kier alpha value is -1.02. The number of nitrogens with one attached hydrogen (secondary N) is 1. The second kappa shape index (κ2) is 6.17. The molecule has 1 heterocycles. The zero-order valence-corrected chi connectivity index (χ0v) is 13.7. The van der Waals surface area contributed by atoms with Gasteiger partial charge in [-0.3, -0.25) is 0 Å². The van der Waals surface area contributed by atoms with E-state index in [1.54, 1.807) is 0 Å². The highest BCUT2D eigenvalue weighted by molar-refractivity contribution is 5.54. The van der Waals surface area contributed by atoms with Gasteiger partial charge in [-0.15, -0.1) is 0 Å². The summed E-state index contributed by atoms with van der Waals surface area (Å²) in [7, 11) is 0. The van der Waals surface area contributed by atoms with Gasteiger partial charge in [-0.25, -0.2) is 0 Å². The highest BCUT2D eigenvalue weighted by atomic mass is 15.2. The number of hydrogen-bond acceptors (Lipinski definition) is 2. The third kappa shape index (κ3) is 3.99. The van der Waals surface area contributed by atoms with Crippen molar-refractivity contribution in [3.8, 4) is 0 Å². The lowest BCUT2D eigenvalue weighted by Crippen LogP contribution is -2.42. The van der Waals surface area contributed by atoms with Gasteiger partial charge < -0.3 is 10.2 Å². The SMILES string of the molecule is CC(C)C1CN(CCC(C)(C)C)c2ccccc2CN1. The van der Waals surface area contributed by atoms with Crippen molar-refractivity contribution in [2.45, 2.75) is 53.6 Å². The van der Waals surface area contributed by atoms with Crippen molar-refractivity contribution < 1.29 is 0 Å². The van der Waals surface area contributed by atoms with E-state index in [2.05, 4.69) is 69.1 Å². The molecule has 2 nitrogen and oxygen atoms in total. The summed E-state index contributed by atoms with van der Waals surface area (Å²) >= 11 is 0. The minimum absolute atomic E-state index is 0.391. The normalized spacial score (nSPS) is 19.9. The lowest BCUT2D eigenvalue weighted by Gasteiger charge is -2.31. The summed E-state index contributed by atoms with van der Waals surface area (Å²) in [5.41, 5.74) is 3.25. The Kier molecular flexibility index (Phi) is 4.74. The largest absolute Gasteiger partial charge is 0.370 e. The van der Waals surface area contributed by atoms with Crippen LogP contribution in [-0.2, 0) is 6.54 Å². The van der Waals surface area contributed by atoms with Gasteiger partial charge in [0, 0.05) is 31.4 Å². The predicted molar refractivity (Wildman–Crippen MR) is 88.2 cm³/mol. The molecule has 0 radical (unpaired) electrons. The Morgan fingerprint density at radius 2 is 1.95 bits per heavy atom. The van der Waals surface area contributed by atoms with E-state index in [1.807, 2.05) is 0 Å². The Morgan fingerprint density at radius 3 is 2.60 bits per heavy atom. The number of hydrogen-bond donors (Lipinski definition) is 1. The summed E-state index contributed by atoms with van der Waals surface area (Å²) in [5.74, 6) is 0.668. The monoisotopic (exact) mass is 274 g/mol. The van der Waals surface area contributed by atoms with E-state index in [4.69, 9.17) is 0 Å². The van der Waals surface area contributed by atoms with Crippen LogP contribution in [0.5, 0.6) is 0 Å². The maximum atomic E-state index is 3.72. The van der Waals surface area contributed by atoms with Gasteiger partial charge in [0.25, 0.3) is 0 Å². The number of rotatable bonds is 3. The summed E-state index contributed by atoms with van der Waals surface area (Å²) in [5, 5.41) is 3.72. The van der Waals surface area contributed by atoms with E-state index in [0.29, 0.717) is 17.4 Å². The van der Waals surface area contributed by atoms with Crippen LogP contribution in [0.3, 0.4) is 0 Å². The number of fused-ring (bicyclic) bond motifs is 1. The minimum atomic E-state index is 0.391. The summed E-state index contributed by atoms with van der Waals surface area (Å²) in [4.78, 5) is 2.59. The molecule has 1 atom stereocenters. The highest BCUT2D eigenvalue weighted by Crippen LogP contribution is 2.27. The van der Waals surface area contributed by atoms with Gasteiger partial charge in [-0.2, -0.15) is 0 Å². The average Bonchev–Trinajstić information content (AvgIpc) is 2.55. The van der Waals surface area contributed by atoms with Crippen molar-refractivity contribution in [1.82, 2.24) is 5.32 Å². The lowest BCUT2D eigenvalue weighted by molar-refractivity contribution is 0.364. The minimum Gasteiger partial charge on any atom is -0.370 e. The Bertz CT molecular complexity index is 431. The molecule has 1 aromatic rings. The van der Waals surface area contributed by atoms with Gasteiger partial charge in [-0.1, -0.05) is 52.8 Å². The molecule has 2 rings (SSSR count). The van der Waals surface area contributed by atoms with Crippen molar-refractivity contribution in [1.29, 1.82) is 0 Å². The molecule has 1 aromatic carbocycles. The fourth-order valence-electron chi connectivity index (χ4n) is 2.74. The molecule has 0 saturated carbocycles. The van der Waals surface area contributed by atoms with Crippen LogP contribution >= 0.6 is 0 Å². The first-order valence-corrected chi connectivity index (χ1v) is 7.93. The van der Waals surface area contributed by atoms with Gasteiger partial charge in [-0.05, 0) is 29.4 Å². The predicted octanol–water partition coefficient (Wildman–Crippen LogP) is 4.06.